The van der Waals surface area contributed by atoms with Gasteiger partial charge in [-0.25, -0.2) is 0 Å². The van der Waals surface area contributed by atoms with E-state index in [1.165, 1.54) is 18.4 Å². The minimum atomic E-state index is -0.753. The molecule has 4 aliphatic carbocycles. The number of aliphatic hydroxyl groups is 2. The first-order valence-electron chi connectivity index (χ1n) is 13.3. The minimum Gasteiger partial charge on any atom is -0.390 e. The van der Waals surface area contributed by atoms with Gasteiger partial charge in [-0.1, -0.05) is 59.8 Å². The van der Waals surface area contributed by atoms with Gasteiger partial charge in [0.15, 0.2) is 0 Å². The van der Waals surface area contributed by atoms with E-state index < -0.39 is 11.7 Å². The summed E-state index contributed by atoms with van der Waals surface area (Å²) in [5.74, 6) is 3.37. The van der Waals surface area contributed by atoms with E-state index in [2.05, 4.69) is 59.8 Å². The molecule has 0 saturated heterocycles. The van der Waals surface area contributed by atoms with Gasteiger partial charge in [0.2, 0.25) is 0 Å². The second-order valence-electron chi connectivity index (χ2n) is 12.7. The van der Waals surface area contributed by atoms with E-state index in [-0.39, 0.29) is 16.9 Å². The number of methoxy groups -OCH3 is 1. The molecular weight excluding hydrogens is 396 g/mol. The maximum absolute atomic E-state index is 12.3. The number of hydrogen-bond acceptors (Lipinski definition) is 3. The molecule has 10 atom stereocenters. The second-order valence-corrected chi connectivity index (χ2v) is 12.7. The van der Waals surface area contributed by atoms with Crippen LogP contribution in [0.4, 0.5) is 0 Å². The van der Waals surface area contributed by atoms with Crippen molar-refractivity contribution in [3.63, 3.8) is 0 Å². The third kappa shape index (κ3) is 3.57. The fraction of sp³-hybridized carbons (Fsp3) is 0.862. The van der Waals surface area contributed by atoms with Gasteiger partial charge in [-0.15, -0.1) is 0 Å². The Balaban J connectivity index is 1.60. The Bertz CT molecular complexity index is 756. The van der Waals surface area contributed by atoms with E-state index in [9.17, 15) is 10.2 Å². The summed E-state index contributed by atoms with van der Waals surface area (Å²) in [6.07, 6.45) is 13.6. The lowest BCUT2D eigenvalue weighted by atomic mass is 9.45. The normalized spacial score (nSPS) is 48.2. The average molecular weight is 445 g/mol. The molecule has 0 heterocycles. The van der Waals surface area contributed by atoms with Crippen molar-refractivity contribution < 1.29 is 14.9 Å². The number of fused-ring (bicyclic) bond motifs is 5. The summed E-state index contributed by atoms with van der Waals surface area (Å²) in [4.78, 5) is 0. The molecule has 3 fully saturated rings. The van der Waals surface area contributed by atoms with Gasteiger partial charge in [-0.3, -0.25) is 0 Å². The molecule has 32 heavy (non-hydrogen) atoms. The summed E-state index contributed by atoms with van der Waals surface area (Å²) in [5.41, 5.74) is 0.637. The monoisotopic (exact) mass is 444 g/mol. The standard InChI is InChI=1S/C29H48O3/c1-18(2)19(3)8-9-20(4)22-12-13-23-24-11-10-21-16-25(30)26(32-7)17-28(21,6)29(24,31)15-14-27(22,23)5/h8-9,11,18-23,25-26,30-31H,10,12-17H2,1-7H3/b9-8+/t19-,20+,21?,22+,23-,25-,26-,27+,28-,29+/m0/s1. The molecule has 4 rings (SSSR count). The van der Waals surface area contributed by atoms with Gasteiger partial charge in [-0.05, 0) is 91.4 Å². The Kier molecular flexibility index (Phi) is 6.53. The zero-order chi connectivity index (χ0) is 23.5. The van der Waals surface area contributed by atoms with Crippen molar-refractivity contribution in [1.29, 1.82) is 0 Å². The first-order chi connectivity index (χ1) is 15.0. The molecule has 0 spiro atoms. The summed E-state index contributed by atoms with van der Waals surface area (Å²) in [7, 11) is 1.70. The van der Waals surface area contributed by atoms with Crippen LogP contribution in [0.3, 0.4) is 0 Å². The summed E-state index contributed by atoms with van der Waals surface area (Å²) >= 11 is 0. The summed E-state index contributed by atoms with van der Waals surface area (Å²) in [6.45, 7) is 14.2. The van der Waals surface area contributed by atoms with Gasteiger partial charge in [0.05, 0.1) is 17.8 Å². The fourth-order valence-electron chi connectivity index (χ4n) is 8.31. The van der Waals surface area contributed by atoms with Crippen molar-refractivity contribution in [2.75, 3.05) is 7.11 Å². The topological polar surface area (TPSA) is 49.7 Å². The van der Waals surface area contributed by atoms with Gasteiger partial charge >= 0.3 is 0 Å². The van der Waals surface area contributed by atoms with Gasteiger partial charge in [-0.2, -0.15) is 0 Å². The molecule has 2 N–H and O–H groups in total. The Morgan fingerprint density at radius 2 is 1.81 bits per heavy atom. The summed E-state index contributed by atoms with van der Waals surface area (Å²) in [5, 5.41) is 22.9. The molecule has 182 valence electrons. The highest BCUT2D eigenvalue weighted by Crippen LogP contribution is 2.68. The van der Waals surface area contributed by atoms with Crippen LogP contribution in [0.5, 0.6) is 0 Å². The molecule has 3 saturated carbocycles. The quantitative estimate of drug-likeness (QED) is 0.500. The van der Waals surface area contributed by atoms with E-state index >= 15 is 0 Å². The first-order valence-corrected chi connectivity index (χ1v) is 13.3. The lowest BCUT2D eigenvalue weighted by Gasteiger charge is -2.62. The Labute approximate surface area is 196 Å². The van der Waals surface area contributed by atoms with E-state index in [0.717, 1.165) is 32.1 Å². The maximum atomic E-state index is 12.3. The number of ether oxygens (including phenoxy) is 1. The molecule has 0 aromatic carbocycles. The zero-order valence-electron chi connectivity index (χ0n) is 21.6. The lowest BCUT2D eigenvalue weighted by molar-refractivity contribution is -0.185. The molecule has 0 aromatic rings. The van der Waals surface area contributed by atoms with E-state index in [1.54, 1.807) is 7.11 Å². The third-order valence-corrected chi connectivity index (χ3v) is 11.0. The highest BCUT2D eigenvalue weighted by molar-refractivity contribution is 5.35. The molecular formula is C29H48O3. The molecule has 0 radical (unpaired) electrons. The number of rotatable bonds is 5. The largest absolute Gasteiger partial charge is 0.390 e. The highest BCUT2D eigenvalue weighted by Gasteiger charge is 2.65. The first kappa shape index (κ1) is 24.5. The predicted octanol–water partition coefficient (Wildman–Crippen LogP) is 6.15. The minimum absolute atomic E-state index is 0.169. The van der Waals surface area contributed by atoms with Crippen LogP contribution < -0.4 is 0 Å². The van der Waals surface area contributed by atoms with E-state index in [4.69, 9.17) is 4.74 Å². The SMILES string of the molecule is CO[C@H]1C[C@@]2(C)C(CC=C3[C@@H]4CC[C@H]([C@H](C)/C=C/[C@H](C)C(C)C)[C@@]4(C)CC[C@@]32O)C[C@@H]1O. The van der Waals surface area contributed by atoms with Crippen molar-refractivity contribution >= 4 is 0 Å². The van der Waals surface area contributed by atoms with Crippen LogP contribution in [-0.4, -0.2) is 35.1 Å². The highest BCUT2D eigenvalue weighted by atomic mass is 16.5. The van der Waals surface area contributed by atoms with Crippen molar-refractivity contribution in [2.24, 2.45) is 46.3 Å². The number of hydrogen-bond donors (Lipinski definition) is 2. The van der Waals surface area contributed by atoms with Crippen LogP contribution in [0.15, 0.2) is 23.8 Å². The number of aliphatic hydroxyl groups excluding tert-OH is 1. The Hall–Kier alpha value is -0.640. The lowest BCUT2D eigenvalue weighted by Crippen LogP contribution is -2.63. The van der Waals surface area contributed by atoms with Crippen LogP contribution in [-0.2, 0) is 4.74 Å². The van der Waals surface area contributed by atoms with Crippen LogP contribution >= 0.6 is 0 Å². The van der Waals surface area contributed by atoms with Gasteiger partial charge in [0.25, 0.3) is 0 Å². The van der Waals surface area contributed by atoms with Crippen molar-refractivity contribution in [2.45, 2.75) is 104 Å². The summed E-state index contributed by atoms with van der Waals surface area (Å²) < 4.78 is 5.67. The molecule has 4 aliphatic rings. The molecule has 3 nitrogen and oxygen atoms in total. The summed E-state index contributed by atoms with van der Waals surface area (Å²) in [6, 6.07) is 0. The van der Waals surface area contributed by atoms with E-state index in [1.807, 2.05) is 0 Å². The zero-order valence-corrected chi connectivity index (χ0v) is 21.6. The maximum Gasteiger partial charge on any atom is 0.0916 e. The van der Waals surface area contributed by atoms with Crippen molar-refractivity contribution in [1.82, 2.24) is 0 Å². The van der Waals surface area contributed by atoms with E-state index in [0.29, 0.717) is 35.5 Å². The second kappa shape index (κ2) is 8.54. The molecule has 3 heteroatoms. The van der Waals surface area contributed by atoms with Crippen molar-refractivity contribution in [3.05, 3.63) is 23.8 Å². The molecule has 0 amide bonds. The van der Waals surface area contributed by atoms with Crippen LogP contribution in [0, 0.1) is 46.3 Å². The van der Waals surface area contributed by atoms with Gasteiger partial charge in [0.1, 0.15) is 0 Å². The van der Waals surface area contributed by atoms with Crippen LogP contribution in [0.1, 0.15) is 86.5 Å². The Morgan fingerprint density at radius 1 is 1.09 bits per heavy atom. The smallest absolute Gasteiger partial charge is 0.0916 e. The fourth-order valence-corrected chi connectivity index (χ4v) is 8.31. The molecule has 1 unspecified atom stereocenters. The van der Waals surface area contributed by atoms with Crippen LogP contribution in [0.25, 0.3) is 0 Å². The number of allylic oxidation sites excluding steroid dienone is 3. The van der Waals surface area contributed by atoms with Gasteiger partial charge in [0, 0.05) is 12.5 Å². The van der Waals surface area contributed by atoms with Gasteiger partial charge < -0.3 is 14.9 Å². The van der Waals surface area contributed by atoms with Crippen LogP contribution in [0.2, 0.25) is 0 Å². The molecule has 0 aliphatic heterocycles. The average Bonchev–Trinajstić information content (AvgIpc) is 3.09. The Morgan fingerprint density at radius 3 is 2.47 bits per heavy atom. The van der Waals surface area contributed by atoms with Crippen molar-refractivity contribution in [3.8, 4) is 0 Å². The third-order valence-electron chi connectivity index (χ3n) is 11.0. The predicted molar refractivity (Wildman–Crippen MR) is 131 cm³/mol. The molecule has 0 bridgehead atoms. The molecule has 0 aromatic heterocycles.